The Kier molecular flexibility index (Phi) is 1.55. The van der Waals surface area contributed by atoms with Crippen LogP contribution in [0.4, 0.5) is 0 Å². The zero-order valence-corrected chi connectivity index (χ0v) is 7.25. The first-order valence-electron chi connectivity index (χ1n) is 7.04. The van der Waals surface area contributed by atoms with Crippen LogP contribution in [0.5, 0.6) is 0 Å². The van der Waals surface area contributed by atoms with Crippen LogP contribution in [0, 0.1) is 0 Å². The van der Waals surface area contributed by atoms with E-state index in [0.717, 1.165) is 5.56 Å². The monoisotopic (exact) mass is 185 g/mol. The number of nitrogens with one attached hydrogen (secondary N) is 1. The van der Waals surface area contributed by atoms with Crippen LogP contribution in [-0.2, 0) is 6.54 Å². The van der Waals surface area contributed by atoms with Gasteiger partial charge >= 0.3 is 0 Å². The highest BCUT2D eigenvalue weighted by Gasteiger charge is 2.14. The molecule has 72 valence electrons. The topological polar surface area (TPSA) is 32.3 Å². The van der Waals surface area contributed by atoms with Gasteiger partial charge < -0.3 is 10.4 Å². The summed E-state index contributed by atoms with van der Waals surface area (Å²) in [6.45, 7) is -6.63. The van der Waals surface area contributed by atoms with Gasteiger partial charge in [0.1, 0.15) is 0 Å². The van der Waals surface area contributed by atoms with E-state index >= 15 is 0 Å². The Morgan fingerprint density at radius 2 is 2.08 bits per heavy atom. The van der Waals surface area contributed by atoms with Crippen LogP contribution in [0.2, 0.25) is 0 Å². The predicted molar refractivity (Wildman–Crippen MR) is 54.4 cm³/mol. The second kappa shape index (κ2) is 4.40. The summed E-state index contributed by atoms with van der Waals surface area (Å²) in [6.07, 6.45) is 0. The van der Waals surface area contributed by atoms with E-state index in [9.17, 15) is 5.11 Å². The summed E-state index contributed by atoms with van der Waals surface area (Å²) < 4.78 is 44.5. The standard InChI is InChI=1S/C11H17NO/c1-11(2,9-13)12-8-10-6-4-3-5-7-10/h3-7,12-13H,8-9H2,1-2H3/i1D3,2D3. The van der Waals surface area contributed by atoms with E-state index in [1.807, 2.05) is 0 Å². The maximum absolute atomic E-state index is 9.34. The molecule has 0 fully saturated rings. The smallest absolute Gasteiger partial charge is 0.0607 e. The summed E-state index contributed by atoms with van der Waals surface area (Å²) in [6, 6.07) is 8.82. The summed E-state index contributed by atoms with van der Waals surface area (Å²) in [7, 11) is 0. The van der Waals surface area contributed by atoms with E-state index < -0.39 is 25.8 Å². The minimum absolute atomic E-state index is 0.0537. The Morgan fingerprint density at radius 1 is 1.38 bits per heavy atom. The molecule has 0 saturated carbocycles. The second-order valence-electron chi connectivity index (χ2n) is 2.90. The average Bonchev–Trinajstić information content (AvgIpc) is 2.28. The summed E-state index contributed by atoms with van der Waals surface area (Å²) in [5.74, 6) is 0. The number of benzene rings is 1. The van der Waals surface area contributed by atoms with Crippen LogP contribution in [0.3, 0.4) is 0 Å². The first-order valence-corrected chi connectivity index (χ1v) is 4.04. The van der Waals surface area contributed by atoms with Gasteiger partial charge in [-0.05, 0) is 19.3 Å². The minimum Gasteiger partial charge on any atom is -0.394 e. The lowest BCUT2D eigenvalue weighted by molar-refractivity contribution is 0.187. The molecule has 0 aliphatic heterocycles. The van der Waals surface area contributed by atoms with Gasteiger partial charge in [0.2, 0.25) is 0 Å². The molecule has 0 aromatic heterocycles. The van der Waals surface area contributed by atoms with E-state index in [4.69, 9.17) is 8.22 Å². The molecular formula is C11H17NO. The number of aliphatic hydroxyl groups excluding tert-OH is 1. The molecule has 0 amide bonds. The van der Waals surface area contributed by atoms with Gasteiger partial charge in [0.05, 0.1) is 6.61 Å². The maximum Gasteiger partial charge on any atom is 0.0607 e. The molecule has 0 atom stereocenters. The summed E-state index contributed by atoms with van der Waals surface area (Å²) >= 11 is 0. The van der Waals surface area contributed by atoms with Crippen LogP contribution in [0.15, 0.2) is 30.3 Å². The molecule has 2 N–H and O–H groups in total. The van der Waals surface area contributed by atoms with Crippen molar-refractivity contribution in [3.05, 3.63) is 35.9 Å². The lowest BCUT2D eigenvalue weighted by atomic mass is 10.1. The van der Waals surface area contributed by atoms with Crippen molar-refractivity contribution >= 4 is 0 Å². The molecule has 2 nitrogen and oxygen atoms in total. The lowest BCUT2D eigenvalue weighted by Crippen LogP contribution is -2.42. The highest BCUT2D eigenvalue weighted by Crippen LogP contribution is 2.03. The zero-order valence-electron chi connectivity index (χ0n) is 13.2. The van der Waals surface area contributed by atoms with Crippen molar-refractivity contribution in [2.45, 2.75) is 25.8 Å². The highest BCUT2D eigenvalue weighted by molar-refractivity contribution is 5.14. The molecule has 13 heavy (non-hydrogen) atoms. The van der Waals surface area contributed by atoms with E-state index in [0.29, 0.717) is 0 Å². The van der Waals surface area contributed by atoms with Crippen molar-refractivity contribution in [1.29, 1.82) is 0 Å². The van der Waals surface area contributed by atoms with Crippen molar-refractivity contribution in [3.8, 4) is 0 Å². The fourth-order valence-electron chi connectivity index (χ4n) is 0.905. The van der Waals surface area contributed by atoms with E-state index in [1.165, 1.54) is 0 Å². The van der Waals surface area contributed by atoms with E-state index in [1.54, 1.807) is 30.3 Å². The van der Waals surface area contributed by atoms with Crippen molar-refractivity contribution in [3.63, 3.8) is 0 Å². The fraction of sp³-hybridized carbons (Fsp3) is 0.455. The molecule has 1 aromatic rings. The van der Waals surface area contributed by atoms with Crippen molar-refractivity contribution in [1.82, 2.24) is 5.32 Å². The Morgan fingerprint density at radius 3 is 2.62 bits per heavy atom. The van der Waals surface area contributed by atoms with Crippen LogP contribution < -0.4 is 5.32 Å². The molecule has 2 heteroatoms. The van der Waals surface area contributed by atoms with Crippen molar-refractivity contribution in [2.24, 2.45) is 0 Å². The Hall–Kier alpha value is -0.860. The molecule has 1 aromatic carbocycles. The number of hydrogen-bond acceptors (Lipinski definition) is 2. The van der Waals surface area contributed by atoms with Crippen molar-refractivity contribution < 1.29 is 13.3 Å². The number of hydrogen-bond donors (Lipinski definition) is 2. The van der Waals surface area contributed by atoms with Crippen LogP contribution >= 0.6 is 0 Å². The van der Waals surface area contributed by atoms with Crippen LogP contribution in [0.25, 0.3) is 0 Å². The summed E-state index contributed by atoms with van der Waals surface area (Å²) in [4.78, 5) is 0. The van der Waals surface area contributed by atoms with Crippen LogP contribution in [0.1, 0.15) is 27.5 Å². The van der Waals surface area contributed by atoms with Crippen molar-refractivity contribution in [2.75, 3.05) is 6.61 Å². The Bertz CT molecular complexity index is 386. The second-order valence-corrected chi connectivity index (χ2v) is 2.90. The molecular weight excluding hydrogens is 162 g/mol. The fourth-order valence-corrected chi connectivity index (χ4v) is 0.905. The van der Waals surface area contributed by atoms with Gasteiger partial charge in [-0.3, -0.25) is 0 Å². The number of aliphatic hydroxyl groups is 1. The Balaban J connectivity index is 2.99. The molecule has 0 unspecified atom stereocenters. The first kappa shape index (κ1) is 4.58. The highest BCUT2D eigenvalue weighted by atomic mass is 16.3. The maximum atomic E-state index is 9.34. The Labute approximate surface area is 88.0 Å². The van der Waals surface area contributed by atoms with Gasteiger partial charge in [-0.2, -0.15) is 0 Å². The van der Waals surface area contributed by atoms with Crippen LogP contribution in [-0.4, -0.2) is 17.3 Å². The van der Waals surface area contributed by atoms with E-state index in [2.05, 4.69) is 5.32 Å². The zero-order chi connectivity index (χ0) is 14.7. The van der Waals surface area contributed by atoms with E-state index in [-0.39, 0.29) is 6.54 Å². The van der Waals surface area contributed by atoms with Gasteiger partial charge in [-0.1, -0.05) is 30.3 Å². The third-order valence-corrected chi connectivity index (χ3v) is 1.67. The first-order chi connectivity index (χ1) is 8.64. The molecule has 1 rings (SSSR count). The van der Waals surface area contributed by atoms with Gasteiger partial charge in [-0.25, -0.2) is 0 Å². The molecule has 0 bridgehead atoms. The van der Waals surface area contributed by atoms with Gasteiger partial charge in [-0.15, -0.1) is 0 Å². The third-order valence-electron chi connectivity index (χ3n) is 1.67. The van der Waals surface area contributed by atoms with Gasteiger partial charge in [0, 0.05) is 20.3 Å². The number of rotatable bonds is 4. The third kappa shape index (κ3) is 3.57. The summed E-state index contributed by atoms with van der Waals surface area (Å²) in [5.41, 5.74) is -1.58. The largest absolute Gasteiger partial charge is 0.394 e. The molecule has 0 saturated heterocycles. The quantitative estimate of drug-likeness (QED) is 0.746. The minimum atomic E-state index is -2.85. The predicted octanol–water partition coefficient (Wildman–Crippen LogP) is 1.55. The van der Waals surface area contributed by atoms with Gasteiger partial charge in [0.25, 0.3) is 0 Å². The molecule has 0 aliphatic rings. The molecule has 0 heterocycles. The molecule has 0 aliphatic carbocycles. The molecule has 0 spiro atoms. The molecule has 0 radical (unpaired) electrons. The lowest BCUT2D eigenvalue weighted by Gasteiger charge is -2.23. The average molecular weight is 185 g/mol. The van der Waals surface area contributed by atoms with Gasteiger partial charge in [0.15, 0.2) is 0 Å². The SMILES string of the molecule is [2H]C([2H])([2H])C(CO)(NCc1ccccc1)C([2H])([2H])[2H]. The normalized spacial score (nSPS) is 20.4. The summed E-state index contributed by atoms with van der Waals surface area (Å²) in [5, 5.41) is 11.8.